The topological polar surface area (TPSA) is 102 Å². The van der Waals surface area contributed by atoms with Gasteiger partial charge in [-0.1, -0.05) is 0 Å². The van der Waals surface area contributed by atoms with E-state index in [0.717, 1.165) is 0 Å². The number of hydrogen-bond acceptors (Lipinski definition) is 5. The summed E-state index contributed by atoms with van der Waals surface area (Å²) in [6, 6.07) is -3.12. The minimum absolute atomic E-state index is 0.732. The second kappa shape index (κ2) is 5.00. The van der Waals surface area contributed by atoms with Crippen LogP contribution in [0.5, 0.6) is 0 Å². The van der Waals surface area contributed by atoms with E-state index in [-0.39, 0.29) is 0 Å². The summed E-state index contributed by atoms with van der Waals surface area (Å²) < 4.78 is 24.9. The Hall–Kier alpha value is -0.830. The molecule has 16 heavy (non-hydrogen) atoms. The molecule has 1 amide bonds. The number of amides is 1. The molecule has 1 fully saturated rings. The molecule has 1 aliphatic rings. The fourth-order valence-electron chi connectivity index (χ4n) is 1.62. The third kappa shape index (κ3) is 2.29. The zero-order chi connectivity index (χ0) is 12.5. The molecular weight excluding hydrogens is 226 g/mol. The largest absolute Gasteiger partial charge is 0.388 e. The van der Waals surface area contributed by atoms with E-state index in [1.807, 2.05) is 0 Å². The van der Waals surface area contributed by atoms with Crippen molar-refractivity contribution in [1.82, 2.24) is 10.6 Å². The van der Waals surface area contributed by atoms with Crippen molar-refractivity contribution in [2.45, 2.75) is 36.8 Å². The number of alkyl halides is 2. The van der Waals surface area contributed by atoms with Gasteiger partial charge in [0.15, 0.2) is 0 Å². The normalized spacial score (nSPS) is 39.8. The quantitative estimate of drug-likeness (QED) is 0.365. The van der Waals surface area contributed by atoms with Crippen molar-refractivity contribution in [3.63, 3.8) is 0 Å². The van der Waals surface area contributed by atoms with Crippen LogP contribution in [0.2, 0.25) is 0 Å². The lowest BCUT2D eigenvalue weighted by molar-refractivity contribution is -0.152. The molecule has 0 saturated carbocycles. The van der Waals surface area contributed by atoms with Gasteiger partial charge in [0.2, 0.25) is 5.91 Å². The summed E-state index contributed by atoms with van der Waals surface area (Å²) in [5.74, 6) is -0.732. The summed E-state index contributed by atoms with van der Waals surface area (Å²) in [6.45, 7) is 0. The fourth-order valence-corrected chi connectivity index (χ4v) is 1.62. The summed E-state index contributed by atoms with van der Waals surface area (Å²) in [5.41, 5.74) is 0. The minimum Gasteiger partial charge on any atom is -0.388 e. The number of rotatable bonds is 2. The first kappa shape index (κ1) is 13.2. The van der Waals surface area contributed by atoms with E-state index in [9.17, 15) is 28.9 Å². The zero-order valence-electron chi connectivity index (χ0n) is 8.47. The summed E-state index contributed by atoms with van der Waals surface area (Å²) in [4.78, 5) is 11.2. The van der Waals surface area contributed by atoms with E-state index in [2.05, 4.69) is 10.6 Å². The van der Waals surface area contributed by atoms with Crippen LogP contribution >= 0.6 is 0 Å². The van der Waals surface area contributed by atoms with Crippen LogP contribution in [0, 0.1) is 0 Å². The predicted molar refractivity (Wildman–Crippen MR) is 48.8 cm³/mol. The molecular formula is C8H14F2N2O4. The van der Waals surface area contributed by atoms with Gasteiger partial charge in [-0.3, -0.25) is 10.1 Å². The molecule has 1 saturated heterocycles. The number of carbonyl (C=O) groups excluding carboxylic acids is 1. The number of piperidine rings is 1. The Labute approximate surface area is 90.3 Å². The lowest BCUT2D eigenvalue weighted by Gasteiger charge is -2.40. The minimum atomic E-state index is -2.95. The highest BCUT2D eigenvalue weighted by molar-refractivity contribution is 5.82. The number of aliphatic hydroxyl groups is 3. The van der Waals surface area contributed by atoms with Gasteiger partial charge < -0.3 is 20.6 Å². The van der Waals surface area contributed by atoms with Crippen molar-refractivity contribution < 1.29 is 28.9 Å². The molecule has 1 rings (SSSR count). The highest BCUT2D eigenvalue weighted by Gasteiger charge is 2.47. The molecule has 0 aromatic rings. The van der Waals surface area contributed by atoms with Gasteiger partial charge in [-0.2, -0.15) is 0 Å². The molecule has 5 atom stereocenters. The van der Waals surface area contributed by atoms with Crippen LogP contribution in [0.3, 0.4) is 0 Å². The maximum absolute atomic E-state index is 12.5. The van der Waals surface area contributed by atoms with Gasteiger partial charge in [0.05, 0.1) is 6.04 Å². The fraction of sp³-hybridized carbons (Fsp3) is 0.875. The lowest BCUT2D eigenvalue weighted by Crippen LogP contribution is -2.70. The summed E-state index contributed by atoms with van der Waals surface area (Å²) in [6.07, 6.45) is -8.20. The van der Waals surface area contributed by atoms with E-state index in [1.54, 1.807) is 0 Å². The molecule has 5 unspecified atom stereocenters. The van der Waals surface area contributed by atoms with Crippen LogP contribution in [0.15, 0.2) is 0 Å². The molecule has 0 spiro atoms. The molecule has 0 aromatic heterocycles. The van der Waals surface area contributed by atoms with Crippen molar-refractivity contribution >= 4 is 5.91 Å². The van der Waals surface area contributed by atoms with E-state index >= 15 is 0 Å². The number of aliphatic hydroxyl groups excluding tert-OH is 3. The van der Waals surface area contributed by atoms with Gasteiger partial charge in [-0.05, 0) is 0 Å². The highest BCUT2D eigenvalue weighted by Crippen LogP contribution is 2.20. The van der Waals surface area contributed by atoms with Gasteiger partial charge in [-0.15, -0.1) is 0 Å². The SMILES string of the molecule is CNC(=O)C1NC(C(F)F)C(O)C(O)C1O. The molecule has 5 N–H and O–H groups in total. The van der Waals surface area contributed by atoms with Crippen molar-refractivity contribution in [2.24, 2.45) is 0 Å². The van der Waals surface area contributed by atoms with Gasteiger partial charge in [0.25, 0.3) is 6.43 Å². The van der Waals surface area contributed by atoms with Crippen molar-refractivity contribution in [3.8, 4) is 0 Å². The monoisotopic (exact) mass is 240 g/mol. The van der Waals surface area contributed by atoms with Gasteiger partial charge in [0, 0.05) is 7.05 Å². The Morgan fingerprint density at radius 3 is 2.25 bits per heavy atom. The standard InChI is InChI=1S/C8H14F2N2O4/c1-11-8(16)3-5(14)6(15)4(13)2(12-3)7(9)10/h2-7,12-15H,1H3,(H,11,16). The predicted octanol–water partition coefficient (Wildman–Crippen LogP) is -2.58. The van der Waals surface area contributed by atoms with E-state index in [4.69, 9.17) is 0 Å². The van der Waals surface area contributed by atoms with Crippen molar-refractivity contribution in [1.29, 1.82) is 0 Å². The lowest BCUT2D eigenvalue weighted by atomic mass is 9.90. The van der Waals surface area contributed by atoms with Crippen molar-refractivity contribution in [2.75, 3.05) is 7.05 Å². The number of hydrogen-bond donors (Lipinski definition) is 5. The van der Waals surface area contributed by atoms with Crippen LogP contribution in [0.1, 0.15) is 0 Å². The maximum atomic E-state index is 12.5. The number of nitrogens with one attached hydrogen (secondary N) is 2. The Kier molecular flexibility index (Phi) is 4.14. The van der Waals surface area contributed by atoms with Crippen LogP contribution < -0.4 is 10.6 Å². The third-order valence-corrected chi connectivity index (χ3v) is 2.58. The van der Waals surface area contributed by atoms with Crippen LogP contribution in [0.4, 0.5) is 8.78 Å². The summed E-state index contributed by atoms with van der Waals surface area (Å²) >= 11 is 0. The Balaban J connectivity index is 2.85. The molecule has 1 heterocycles. The van der Waals surface area contributed by atoms with E-state index < -0.39 is 42.7 Å². The van der Waals surface area contributed by atoms with Gasteiger partial charge >= 0.3 is 0 Å². The zero-order valence-corrected chi connectivity index (χ0v) is 8.47. The molecule has 0 aliphatic carbocycles. The number of carbonyl (C=O) groups is 1. The average molecular weight is 240 g/mol. The van der Waals surface area contributed by atoms with Gasteiger partial charge in [-0.25, -0.2) is 8.78 Å². The van der Waals surface area contributed by atoms with Crippen LogP contribution in [-0.2, 0) is 4.79 Å². The second-order valence-corrected chi connectivity index (χ2v) is 3.59. The Bertz CT molecular complexity index is 266. The van der Waals surface area contributed by atoms with Crippen LogP contribution in [-0.4, -0.2) is 65.1 Å². The molecule has 6 nitrogen and oxygen atoms in total. The summed E-state index contributed by atoms with van der Waals surface area (Å²) in [7, 11) is 1.27. The first-order chi connectivity index (χ1) is 7.40. The van der Waals surface area contributed by atoms with Crippen molar-refractivity contribution in [3.05, 3.63) is 0 Å². The molecule has 0 radical (unpaired) electrons. The Morgan fingerprint density at radius 2 is 1.81 bits per heavy atom. The second-order valence-electron chi connectivity index (χ2n) is 3.59. The van der Waals surface area contributed by atoms with Gasteiger partial charge in [0.1, 0.15) is 24.4 Å². The Morgan fingerprint density at radius 1 is 1.25 bits per heavy atom. The average Bonchev–Trinajstić information content (AvgIpc) is 2.25. The van der Waals surface area contributed by atoms with E-state index in [1.165, 1.54) is 7.05 Å². The molecule has 8 heteroatoms. The molecule has 1 aliphatic heterocycles. The number of likely N-dealkylation sites (N-methyl/N-ethyl adjacent to an activating group) is 1. The van der Waals surface area contributed by atoms with Crippen LogP contribution in [0.25, 0.3) is 0 Å². The first-order valence-electron chi connectivity index (χ1n) is 4.70. The smallest absolute Gasteiger partial charge is 0.256 e. The molecule has 0 bridgehead atoms. The highest BCUT2D eigenvalue weighted by atomic mass is 19.3. The van der Waals surface area contributed by atoms with E-state index in [0.29, 0.717) is 0 Å². The number of halogens is 2. The molecule has 94 valence electrons. The first-order valence-corrected chi connectivity index (χ1v) is 4.70. The maximum Gasteiger partial charge on any atom is 0.256 e. The summed E-state index contributed by atoms with van der Waals surface area (Å²) in [5, 5.41) is 32.3. The molecule has 0 aromatic carbocycles. The third-order valence-electron chi connectivity index (χ3n) is 2.58.